The number of hydrogen-bond donors (Lipinski definition) is 1. The van der Waals surface area contributed by atoms with E-state index in [9.17, 15) is 9.59 Å². The van der Waals surface area contributed by atoms with E-state index in [4.69, 9.17) is 16.0 Å². The van der Waals surface area contributed by atoms with Crippen molar-refractivity contribution in [1.29, 1.82) is 0 Å². The van der Waals surface area contributed by atoms with Crippen LogP contribution in [0.5, 0.6) is 0 Å². The second kappa shape index (κ2) is 5.69. The van der Waals surface area contributed by atoms with E-state index in [1.807, 2.05) is 6.07 Å². The number of halogens is 1. The summed E-state index contributed by atoms with van der Waals surface area (Å²) in [5.41, 5.74) is 2.62. The molecule has 0 radical (unpaired) electrons. The van der Waals surface area contributed by atoms with Crippen molar-refractivity contribution in [2.24, 2.45) is 7.05 Å². The molecule has 0 atom stereocenters. The van der Waals surface area contributed by atoms with Gasteiger partial charge in [0.15, 0.2) is 5.58 Å². The van der Waals surface area contributed by atoms with Gasteiger partial charge in [0.05, 0.1) is 5.52 Å². The largest absolute Gasteiger partial charge is 0.419 e. The molecule has 6 heteroatoms. The first kappa shape index (κ1) is 14.4. The topological polar surface area (TPSA) is 64.2 Å². The number of amides is 1. The van der Waals surface area contributed by atoms with Crippen LogP contribution >= 0.6 is 11.6 Å². The fourth-order valence-electron chi connectivity index (χ4n) is 2.17. The summed E-state index contributed by atoms with van der Waals surface area (Å²) in [5.74, 6) is -0.594. The van der Waals surface area contributed by atoms with E-state index in [1.54, 1.807) is 43.4 Å². The number of hydrogen-bond acceptors (Lipinski definition) is 3. The second-order valence-electron chi connectivity index (χ2n) is 4.92. The van der Waals surface area contributed by atoms with Gasteiger partial charge in [-0.2, -0.15) is 0 Å². The Balaban J connectivity index is 1.74. The van der Waals surface area contributed by atoms with Crippen LogP contribution < -0.4 is 11.1 Å². The molecule has 3 rings (SSSR count). The molecule has 1 N–H and O–H groups in total. The molecule has 0 aliphatic rings. The first-order valence-electron chi connectivity index (χ1n) is 6.67. The van der Waals surface area contributed by atoms with Gasteiger partial charge in [0.2, 0.25) is 0 Å². The number of nitrogens with one attached hydrogen (secondary N) is 1. The van der Waals surface area contributed by atoms with Crippen molar-refractivity contribution in [1.82, 2.24) is 9.88 Å². The third kappa shape index (κ3) is 2.76. The Bertz CT molecular complexity index is 894. The molecule has 1 heterocycles. The van der Waals surface area contributed by atoms with Crippen LogP contribution in [0.1, 0.15) is 15.9 Å². The van der Waals surface area contributed by atoms with Gasteiger partial charge in [0.25, 0.3) is 5.91 Å². The standard InChI is InChI=1S/C16H13ClN2O3/c1-19-13-7-2-10(8-14(13)22-16(19)21)9-18-15(20)11-3-5-12(17)6-4-11/h2-8H,9H2,1H3,(H,18,20). The van der Waals surface area contributed by atoms with Crippen LogP contribution in [0, 0.1) is 0 Å². The zero-order valence-electron chi connectivity index (χ0n) is 11.8. The lowest BCUT2D eigenvalue weighted by Crippen LogP contribution is -2.22. The summed E-state index contributed by atoms with van der Waals surface area (Å²) in [5, 5.41) is 3.40. The highest BCUT2D eigenvalue weighted by Gasteiger charge is 2.08. The molecule has 0 unspecified atom stereocenters. The van der Waals surface area contributed by atoms with E-state index >= 15 is 0 Å². The quantitative estimate of drug-likeness (QED) is 0.808. The Morgan fingerprint density at radius 3 is 2.68 bits per heavy atom. The minimum Gasteiger partial charge on any atom is -0.408 e. The fourth-order valence-corrected chi connectivity index (χ4v) is 2.30. The minimum atomic E-state index is -0.405. The summed E-state index contributed by atoms with van der Waals surface area (Å²) in [6.07, 6.45) is 0. The third-order valence-electron chi connectivity index (χ3n) is 3.42. The van der Waals surface area contributed by atoms with Gasteiger partial charge in [-0.3, -0.25) is 9.36 Å². The molecule has 0 fully saturated rings. The van der Waals surface area contributed by atoms with Crippen molar-refractivity contribution >= 4 is 28.6 Å². The molecule has 5 nitrogen and oxygen atoms in total. The molecule has 0 spiro atoms. The van der Waals surface area contributed by atoms with Gasteiger partial charge in [0.1, 0.15) is 0 Å². The SMILES string of the molecule is Cn1c(=O)oc2cc(CNC(=O)c3ccc(Cl)cc3)ccc21. The summed E-state index contributed by atoms with van der Waals surface area (Å²) >= 11 is 5.79. The highest BCUT2D eigenvalue weighted by atomic mass is 35.5. The van der Waals surface area contributed by atoms with Gasteiger partial charge < -0.3 is 9.73 Å². The number of carbonyl (C=O) groups is 1. The summed E-state index contributed by atoms with van der Waals surface area (Å²) in [6.45, 7) is 0.343. The smallest absolute Gasteiger partial charge is 0.408 e. The predicted octanol–water partition coefficient (Wildman–Crippen LogP) is 2.71. The number of benzene rings is 2. The first-order chi connectivity index (χ1) is 10.5. The van der Waals surface area contributed by atoms with Crippen LogP contribution in [0.15, 0.2) is 51.7 Å². The third-order valence-corrected chi connectivity index (χ3v) is 3.67. The molecule has 112 valence electrons. The number of oxazole rings is 1. The monoisotopic (exact) mass is 316 g/mol. The molecular weight excluding hydrogens is 304 g/mol. The summed E-state index contributed by atoms with van der Waals surface area (Å²) < 4.78 is 6.56. The molecule has 2 aromatic carbocycles. The Hall–Kier alpha value is -2.53. The van der Waals surface area contributed by atoms with E-state index in [2.05, 4.69) is 5.32 Å². The van der Waals surface area contributed by atoms with Crippen LogP contribution in [-0.4, -0.2) is 10.5 Å². The number of aromatic nitrogens is 1. The van der Waals surface area contributed by atoms with E-state index < -0.39 is 5.76 Å². The van der Waals surface area contributed by atoms with Crippen molar-refractivity contribution in [3.8, 4) is 0 Å². The van der Waals surface area contributed by atoms with Crippen LogP contribution in [0.25, 0.3) is 11.1 Å². The van der Waals surface area contributed by atoms with Crippen LogP contribution in [0.4, 0.5) is 0 Å². The maximum Gasteiger partial charge on any atom is 0.419 e. The van der Waals surface area contributed by atoms with Crippen molar-refractivity contribution in [3.05, 3.63) is 69.2 Å². The Kier molecular flexibility index (Phi) is 3.73. The highest BCUT2D eigenvalue weighted by Crippen LogP contribution is 2.14. The highest BCUT2D eigenvalue weighted by molar-refractivity contribution is 6.30. The molecule has 1 aromatic heterocycles. The van der Waals surface area contributed by atoms with Gasteiger partial charge in [0, 0.05) is 24.2 Å². The Morgan fingerprint density at radius 2 is 1.95 bits per heavy atom. The number of rotatable bonds is 3. The lowest BCUT2D eigenvalue weighted by molar-refractivity contribution is 0.0951. The van der Waals surface area contributed by atoms with Gasteiger partial charge in [-0.05, 0) is 42.0 Å². The summed E-state index contributed by atoms with van der Waals surface area (Å²) in [4.78, 5) is 23.5. The lowest BCUT2D eigenvalue weighted by atomic mass is 10.2. The number of nitrogens with zero attached hydrogens (tertiary/aromatic N) is 1. The Labute approximate surface area is 131 Å². The number of aryl methyl sites for hydroxylation is 1. The van der Waals surface area contributed by atoms with E-state index in [1.165, 1.54) is 4.57 Å². The molecule has 0 saturated heterocycles. The molecular formula is C16H13ClN2O3. The molecule has 3 aromatic rings. The fraction of sp³-hybridized carbons (Fsp3) is 0.125. The van der Waals surface area contributed by atoms with E-state index in [0.29, 0.717) is 22.7 Å². The van der Waals surface area contributed by atoms with E-state index in [0.717, 1.165) is 11.1 Å². The maximum atomic E-state index is 12.0. The number of carbonyl (C=O) groups excluding carboxylic acids is 1. The van der Waals surface area contributed by atoms with E-state index in [-0.39, 0.29) is 5.91 Å². The maximum absolute atomic E-state index is 12.0. The zero-order chi connectivity index (χ0) is 15.7. The lowest BCUT2D eigenvalue weighted by Gasteiger charge is -2.05. The van der Waals surface area contributed by atoms with Crippen LogP contribution in [-0.2, 0) is 13.6 Å². The van der Waals surface area contributed by atoms with Crippen molar-refractivity contribution < 1.29 is 9.21 Å². The van der Waals surface area contributed by atoms with Crippen molar-refractivity contribution in [2.75, 3.05) is 0 Å². The normalized spacial score (nSPS) is 10.8. The van der Waals surface area contributed by atoms with Gasteiger partial charge >= 0.3 is 5.76 Å². The summed E-state index contributed by atoms with van der Waals surface area (Å²) in [6, 6.07) is 12.1. The molecule has 0 aliphatic carbocycles. The first-order valence-corrected chi connectivity index (χ1v) is 7.04. The van der Waals surface area contributed by atoms with Gasteiger partial charge in [-0.25, -0.2) is 4.79 Å². The molecule has 22 heavy (non-hydrogen) atoms. The molecule has 1 amide bonds. The van der Waals surface area contributed by atoms with Crippen LogP contribution in [0.3, 0.4) is 0 Å². The van der Waals surface area contributed by atoms with Crippen LogP contribution in [0.2, 0.25) is 5.02 Å². The molecule has 0 bridgehead atoms. The number of fused-ring (bicyclic) bond motifs is 1. The second-order valence-corrected chi connectivity index (χ2v) is 5.36. The summed E-state index contributed by atoms with van der Waals surface area (Å²) in [7, 11) is 1.65. The van der Waals surface area contributed by atoms with Gasteiger partial charge in [-0.15, -0.1) is 0 Å². The Morgan fingerprint density at radius 1 is 1.23 bits per heavy atom. The average molecular weight is 317 g/mol. The van der Waals surface area contributed by atoms with Gasteiger partial charge in [-0.1, -0.05) is 17.7 Å². The zero-order valence-corrected chi connectivity index (χ0v) is 12.6. The molecule has 0 saturated carbocycles. The van der Waals surface area contributed by atoms with Crippen molar-refractivity contribution in [3.63, 3.8) is 0 Å². The molecule has 0 aliphatic heterocycles. The minimum absolute atomic E-state index is 0.189. The average Bonchev–Trinajstić information content (AvgIpc) is 2.80. The van der Waals surface area contributed by atoms with Crippen molar-refractivity contribution in [2.45, 2.75) is 6.54 Å². The predicted molar refractivity (Wildman–Crippen MR) is 84.1 cm³/mol.